The lowest BCUT2D eigenvalue weighted by Crippen LogP contribution is -2.49. The summed E-state index contributed by atoms with van der Waals surface area (Å²) in [6, 6.07) is 8.38. The third-order valence-corrected chi connectivity index (χ3v) is 4.24. The molecule has 5 N–H and O–H groups in total. The Morgan fingerprint density at radius 1 is 1.31 bits per heavy atom. The van der Waals surface area contributed by atoms with Gasteiger partial charge in [0.25, 0.3) is 0 Å². The maximum Gasteiger partial charge on any atom is 0.352 e. The van der Waals surface area contributed by atoms with Crippen LogP contribution >= 0.6 is 0 Å². The highest BCUT2D eigenvalue weighted by Gasteiger charge is 2.27. The van der Waals surface area contributed by atoms with Gasteiger partial charge in [0.05, 0.1) is 11.3 Å². The third-order valence-electron chi connectivity index (χ3n) is 4.24. The van der Waals surface area contributed by atoms with Crippen molar-refractivity contribution < 1.29 is 19.0 Å². The fourth-order valence-electron chi connectivity index (χ4n) is 2.72. The van der Waals surface area contributed by atoms with Gasteiger partial charge in [-0.3, -0.25) is 5.01 Å². The van der Waals surface area contributed by atoms with Crippen LogP contribution < -0.4 is 21.4 Å². The monoisotopic (exact) mass is 360 g/mol. The summed E-state index contributed by atoms with van der Waals surface area (Å²) in [6.07, 6.45) is 2.05. The van der Waals surface area contributed by atoms with Gasteiger partial charge in [-0.15, -0.1) is 0 Å². The molecule has 2 aromatic carbocycles. The number of hydrogen-bond donors (Lipinski definition) is 3. The lowest BCUT2D eigenvalue weighted by Gasteiger charge is -2.23. The van der Waals surface area contributed by atoms with E-state index in [2.05, 4.69) is 0 Å². The second-order valence-corrected chi connectivity index (χ2v) is 6.29. The Hall–Kier alpha value is -2.84. The Kier molecular flexibility index (Phi) is 4.97. The second-order valence-electron chi connectivity index (χ2n) is 6.29. The molecule has 1 aliphatic rings. The Bertz CT molecular complexity index is 824. The second kappa shape index (κ2) is 7.19. The van der Waals surface area contributed by atoms with Gasteiger partial charge < -0.3 is 9.84 Å². The fourth-order valence-corrected chi connectivity index (χ4v) is 2.72. The lowest BCUT2D eigenvalue weighted by molar-refractivity contribution is 0.216. The third kappa shape index (κ3) is 3.71. The van der Waals surface area contributed by atoms with E-state index in [1.54, 1.807) is 12.1 Å². The van der Waals surface area contributed by atoms with E-state index >= 15 is 0 Å². The van der Waals surface area contributed by atoms with Crippen molar-refractivity contribution in [3.8, 4) is 11.5 Å². The number of benzene rings is 2. The highest BCUT2D eigenvalue weighted by atomic mass is 19.1. The molecular weight excluding hydrogens is 339 g/mol. The van der Waals surface area contributed by atoms with Crippen LogP contribution in [0, 0.1) is 5.82 Å². The first-order valence-electron chi connectivity index (χ1n) is 8.18. The van der Waals surface area contributed by atoms with Crippen LogP contribution in [0.5, 0.6) is 11.5 Å². The molecule has 0 atom stereocenters. The van der Waals surface area contributed by atoms with Crippen LogP contribution in [0.1, 0.15) is 29.9 Å². The number of hydrogen-bond acceptors (Lipinski definition) is 5. The summed E-state index contributed by atoms with van der Waals surface area (Å²) in [7, 11) is 1.34. The predicted molar refractivity (Wildman–Crippen MR) is 94.8 cm³/mol. The Labute approximate surface area is 150 Å². The molecule has 0 bridgehead atoms. The minimum atomic E-state index is -0.694. The maximum atomic E-state index is 14.4. The number of urea groups is 1. The number of carbonyl (C=O) groups is 1. The van der Waals surface area contributed by atoms with Crippen molar-refractivity contribution in [2.45, 2.75) is 25.4 Å². The molecule has 3 rings (SSSR count). The summed E-state index contributed by atoms with van der Waals surface area (Å²) in [4.78, 5) is 12.0. The summed E-state index contributed by atoms with van der Waals surface area (Å²) in [6.45, 7) is -0.123. The number of aromatic hydroxyl groups is 1. The number of phenols is 1. The average molecular weight is 360 g/mol. The molecule has 138 valence electrons. The van der Waals surface area contributed by atoms with Crippen molar-refractivity contribution in [1.82, 2.24) is 5.01 Å². The van der Waals surface area contributed by atoms with Crippen molar-refractivity contribution >= 4 is 11.7 Å². The molecule has 2 amide bonds. The van der Waals surface area contributed by atoms with Crippen molar-refractivity contribution in [1.29, 1.82) is 0 Å². The van der Waals surface area contributed by atoms with E-state index < -0.39 is 11.8 Å². The van der Waals surface area contributed by atoms with E-state index in [0.29, 0.717) is 11.7 Å². The van der Waals surface area contributed by atoms with E-state index in [0.717, 1.165) is 28.4 Å². The molecule has 0 radical (unpaired) electrons. The summed E-state index contributed by atoms with van der Waals surface area (Å²) >= 11 is 0. The van der Waals surface area contributed by atoms with Gasteiger partial charge in [0.2, 0.25) is 0 Å². The van der Waals surface area contributed by atoms with Gasteiger partial charge >= 0.3 is 6.03 Å². The number of amides is 2. The molecule has 2 aromatic rings. The minimum Gasteiger partial charge on any atom is -0.508 e. The highest BCUT2D eigenvalue weighted by molar-refractivity contribution is 5.91. The number of phenolic OH excluding ortho intramolecular Hbond substituents is 1. The molecule has 0 spiro atoms. The quantitative estimate of drug-likeness (QED) is 0.432. The standard InChI is InChI=1S/C18H21FN4O3/c1-22(20)18(25)23(21)16-4-2-3-15(19)14(16)10-26-17-8-7-12(24)9-13(17)11-5-6-11/h2-4,7-9,11,24H,5-6,10,20-21H2,1H3. The van der Waals surface area contributed by atoms with Gasteiger partial charge in [-0.25, -0.2) is 25.9 Å². The van der Waals surface area contributed by atoms with Gasteiger partial charge in [-0.2, -0.15) is 0 Å². The number of hydrazine groups is 2. The molecule has 7 nitrogen and oxygen atoms in total. The number of nitrogens with two attached hydrogens (primary N) is 2. The molecule has 0 unspecified atom stereocenters. The average Bonchev–Trinajstić information content (AvgIpc) is 3.45. The van der Waals surface area contributed by atoms with Crippen molar-refractivity contribution in [3.63, 3.8) is 0 Å². The topological polar surface area (TPSA) is 105 Å². The predicted octanol–water partition coefficient (Wildman–Crippen LogP) is 2.59. The summed E-state index contributed by atoms with van der Waals surface area (Å²) in [5.74, 6) is 11.7. The van der Waals surface area contributed by atoms with Gasteiger partial charge in [0, 0.05) is 12.6 Å². The number of nitrogens with zero attached hydrogens (tertiary/aromatic N) is 2. The van der Waals surface area contributed by atoms with Crippen LogP contribution in [0.15, 0.2) is 36.4 Å². The van der Waals surface area contributed by atoms with E-state index in [9.17, 15) is 14.3 Å². The van der Waals surface area contributed by atoms with Gasteiger partial charge in [-0.05, 0) is 49.1 Å². The Balaban J connectivity index is 1.86. The van der Waals surface area contributed by atoms with Gasteiger partial charge in [-0.1, -0.05) is 6.07 Å². The Morgan fingerprint density at radius 3 is 2.69 bits per heavy atom. The SMILES string of the molecule is CN(N)C(=O)N(N)c1cccc(F)c1COc1ccc(O)cc1C1CC1. The molecular formula is C18H21FN4O3. The normalized spacial score (nSPS) is 13.4. The first-order valence-corrected chi connectivity index (χ1v) is 8.18. The van der Waals surface area contributed by atoms with Crippen LogP contribution in [-0.4, -0.2) is 23.2 Å². The van der Waals surface area contributed by atoms with Crippen LogP contribution in [0.25, 0.3) is 0 Å². The van der Waals surface area contributed by atoms with Gasteiger partial charge in [0.15, 0.2) is 0 Å². The van der Waals surface area contributed by atoms with E-state index in [-0.39, 0.29) is 23.6 Å². The Morgan fingerprint density at radius 2 is 2.04 bits per heavy atom. The van der Waals surface area contributed by atoms with Gasteiger partial charge in [0.1, 0.15) is 23.9 Å². The van der Waals surface area contributed by atoms with Crippen LogP contribution in [0.2, 0.25) is 0 Å². The number of ether oxygens (including phenoxy) is 1. The smallest absolute Gasteiger partial charge is 0.352 e. The summed E-state index contributed by atoms with van der Waals surface area (Å²) < 4.78 is 20.2. The molecule has 1 fully saturated rings. The first kappa shape index (κ1) is 18.0. The molecule has 8 heteroatoms. The van der Waals surface area contributed by atoms with Crippen molar-refractivity contribution in [2.24, 2.45) is 11.7 Å². The van der Waals surface area contributed by atoms with Crippen LogP contribution in [-0.2, 0) is 6.61 Å². The fraction of sp³-hybridized carbons (Fsp3) is 0.278. The number of halogens is 1. The van der Waals surface area contributed by atoms with Crippen LogP contribution in [0.4, 0.5) is 14.9 Å². The zero-order valence-electron chi connectivity index (χ0n) is 14.4. The molecule has 1 aliphatic carbocycles. The molecule has 0 heterocycles. The van der Waals surface area contributed by atoms with Crippen molar-refractivity contribution in [2.75, 3.05) is 12.1 Å². The lowest BCUT2D eigenvalue weighted by atomic mass is 10.1. The van der Waals surface area contributed by atoms with E-state index in [4.69, 9.17) is 16.4 Å². The van der Waals surface area contributed by atoms with E-state index in [1.165, 1.54) is 31.3 Å². The minimum absolute atomic E-state index is 0.123. The molecule has 0 aromatic heterocycles. The highest BCUT2D eigenvalue weighted by Crippen LogP contribution is 2.45. The number of rotatable bonds is 5. The number of carbonyl (C=O) groups excluding carboxylic acids is 1. The first-order chi connectivity index (χ1) is 12.4. The molecule has 26 heavy (non-hydrogen) atoms. The maximum absolute atomic E-state index is 14.4. The van der Waals surface area contributed by atoms with Crippen molar-refractivity contribution in [3.05, 3.63) is 53.3 Å². The summed E-state index contributed by atoms with van der Waals surface area (Å²) in [5.41, 5.74) is 1.20. The summed E-state index contributed by atoms with van der Waals surface area (Å²) in [5, 5.41) is 11.3. The zero-order valence-corrected chi connectivity index (χ0v) is 14.4. The zero-order chi connectivity index (χ0) is 18.8. The van der Waals surface area contributed by atoms with E-state index in [1.807, 2.05) is 0 Å². The molecule has 0 aliphatic heterocycles. The molecule has 0 saturated heterocycles. The van der Waals surface area contributed by atoms with Crippen LogP contribution in [0.3, 0.4) is 0 Å². The largest absolute Gasteiger partial charge is 0.508 e. The molecule has 1 saturated carbocycles. The number of anilines is 1.